The zero-order valence-electron chi connectivity index (χ0n) is 14.6. The molecule has 1 aromatic heterocycles. The van der Waals surface area contributed by atoms with Crippen LogP contribution < -0.4 is 21.2 Å². The van der Waals surface area contributed by atoms with E-state index in [1.165, 1.54) is 5.38 Å². The molecule has 8 nitrogen and oxygen atoms in total. The van der Waals surface area contributed by atoms with Gasteiger partial charge < -0.3 is 26.5 Å². The van der Waals surface area contributed by atoms with Gasteiger partial charge in [-0.05, 0) is 18.9 Å². The van der Waals surface area contributed by atoms with Gasteiger partial charge in [0.25, 0.3) is 11.8 Å². The number of amides is 2. The van der Waals surface area contributed by atoms with Crippen LogP contribution in [0.25, 0.3) is 0 Å². The molecule has 1 aromatic carbocycles. The molecule has 2 amide bonds. The summed E-state index contributed by atoms with van der Waals surface area (Å²) < 4.78 is 27.5. The molecule has 1 fully saturated rings. The van der Waals surface area contributed by atoms with Crippen LogP contribution in [0.15, 0.2) is 16.2 Å². The Morgan fingerprint density at radius 2 is 1.75 bits per heavy atom. The maximum Gasteiger partial charge on any atom is 0.305 e. The molecule has 0 bridgehead atoms. The quantitative estimate of drug-likeness (QED) is 0.484. The molecule has 0 saturated heterocycles. The minimum atomic E-state index is -1.41. The van der Waals surface area contributed by atoms with E-state index in [2.05, 4.69) is 15.6 Å². The van der Waals surface area contributed by atoms with Crippen LogP contribution in [0, 0.1) is 11.6 Å². The number of nitrogens with one attached hydrogen (secondary N) is 3. The van der Waals surface area contributed by atoms with E-state index in [0.29, 0.717) is 12.8 Å². The number of aromatic nitrogens is 1. The number of hydrogen-bond acceptors (Lipinski definition) is 6. The van der Waals surface area contributed by atoms with Gasteiger partial charge in [-0.25, -0.2) is 8.78 Å². The summed E-state index contributed by atoms with van der Waals surface area (Å²) in [5, 5.41) is 16.2. The summed E-state index contributed by atoms with van der Waals surface area (Å²) in [5.74, 6) is -5.42. The molecule has 11 heteroatoms. The molecule has 0 aliphatic heterocycles. The maximum atomic E-state index is 14.1. The van der Waals surface area contributed by atoms with Crippen molar-refractivity contribution in [2.24, 2.45) is 0 Å². The van der Waals surface area contributed by atoms with Gasteiger partial charge >= 0.3 is 4.87 Å². The number of rotatable bonds is 4. The van der Waals surface area contributed by atoms with E-state index in [1.54, 1.807) is 0 Å². The molecule has 2 aromatic rings. The molecule has 150 valence electrons. The van der Waals surface area contributed by atoms with Crippen molar-refractivity contribution in [1.29, 1.82) is 0 Å². The zero-order chi connectivity index (χ0) is 20.4. The van der Waals surface area contributed by atoms with Gasteiger partial charge in [-0.2, -0.15) is 0 Å². The molecule has 0 unspecified atom stereocenters. The number of halogens is 2. The summed E-state index contributed by atoms with van der Waals surface area (Å²) in [6, 6.07) is -0.141. The minimum Gasteiger partial charge on any atom is -0.503 e. The van der Waals surface area contributed by atoms with Crippen LogP contribution in [0.4, 0.5) is 14.5 Å². The van der Waals surface area contributed by atoms with Gasteiger partial charge in [-0.3, -0.25) is 14.4 Å². The van der Waals surface area contributed by atoms with Crippen molar-refractivity contribution in [2.45, 2.75) is 37.8 Å². The van der Waals surface area contributed by atoms with E-state index < -0.39 is 52.5 Å². The van der Waals surface area contributed by atoms with E-state index in [0.717, 1.165) is 30.2 Å². The number of carbonyl (C=O) groups excluding carboxylic acids is 2. The Labute approximate surface area is 161 Å². The predicted octanol–water partition coefficient (Wildman–Crippen LogP) is 1.47. The first-order chi connectivity index (χ1) is 13.3. The number of hydrogen-bond donors (Lipinski definition) is 5. The molecule has 1 aliphatic carbocycles. The monoisotopic (exact) mass is 412 g/mol. The fourth-order valence-corrected chi connectivity index (χ4v) is 3.73. The molecule has 6 N–H and O–H groups in total. The zero-order valence-corrected chi connectivity index (χ0v) is 15.4. The lowest BCUT2D eigenvalue weighted by molar-refractivity contribution is 0.0858. The molecule has 2 atom stereocenters. The fourth-order valence-electron chi connectivity index (χ4n) is 3.17. The second kappa shape index (κ2) is 7.97. The van der Waals surface area contributed by atoms with Crippen molar-refractivity contribution >= 4 is 28.8 Å². The lowest BCUT2D eigenvalue weighted by Gasteiger charge is -2.32. The van der Waals surface area contributed by atoms with Crippen LogP contribution in [0.3, 0.4) is 0 Å². The van der Waals surface area contributed by atoms with Crippen LogP contribution in [0.1, 0.15) is 46.5 Å². The standard InChI is InChI=1S/C17H18F2N4O4S/c18-12-7(5-8(20)13(19)14(12)24)15(25)21-9-3-1-2-4-10(9)22-16(26)11-6-28-17(27)23-11/h5-6,9-10,24H,1-4,20H2,(H,21,25)(H,22,26)(H,23,27)/t9-,10-/m0/s1. The van der Waals surface area contributed by atoms with E-state index >= 15 is 0 Å². The number of nitrogens with two attached hydrogens (primary N) is 1. The average Bonchev–Trinajstić information content (AvgIpc) is 3.11. The molecule has 28 heavy (non-hydrogen) atoms. The molecule has 0 spiro atoms. The topological polar surface area (TPSA) is 137 Å². The minimum absolute atomic E-state index is 0.118. The molecule has 1 heterocycles. The third kappa shape index (κ3) is 3.98. The smallest absolute Gasteiger partial charge is 0.305 e. The van der Waals surface area contributed by atoms with Crippen LogP contribution >= 0.6 is 11.3 Å². The van der Waals surface area contributed by atoms with Crippen molar-refractivity contribution < 1.29 is 23.5 Å². The summed E-state index contributed by atoms with van der Waals surface area (Å²) in [7, 11) is 0. The van der Waals surface area contributed by atoms with E-state index in [4.69, 9.17) is 5.73 Å². The highest BCUT2D eigenvalue weighted by molar-refractivity contribution is 7.07. The lowest BCUT2D eigenvalue weighted by atomic mass is 9.90. The number of H-pyrrole nitrogens is 1. The van der Waals surface area contributed by atoms with Crippen molar-refractivity contribution in [3.63, 3.8) is 0 Å². The average molecular weight is 412 g/mol. The third-order valence-electron chi connectivity index (χ3n) is 4.61. The highest BCUT2D eigenvalue weighted by Crippen LogP contribution is 2.28. The van der Waals surface area contributed by atoms with Crippen LogP contribution in [-0.2, 0) is 0 Å². The number of anilines is 1. The predicted molar refractivity (Wildman–Crippen MR) is 98.4 cm³/mol. The lowest BCUT2D eigenvalue weighted by Crippen LogP contribution is -2.53. The largest absolute Gasteiger partial charge is 0.503 e. The Kier molecular flexibility index (Phi) is 5.63. The highest BCUT2D eigenvalue weighted by atomic mass is 32.1. The molecule has 1 aliphatic rings. The van der Waals surface area contributed by atoms with Gasteiger partial charge in [0.1, 0.15) is 5.69 Å². The Morgan fingerprint density at radius 1 is 1.14 bits per heavy atom. The number of aromatic amines is 1. The van der Waals surface area contributed by atoms with E-state index in [1.807, 2.05) is 0 Å². The van der Waals surface area contributed by atoms with E-state index in [9.17, 15) is 28.3 Å². The van der Waals surface area contributed by atoms with Gasteiger partial charge in [0.15, 0.2) is 17.4 Å². The molecular formula is C17H18F2N4O4S. The normalized spacial score (nSPS) is 19.2. The Balaban J connectivity index is 1.75. The number of phenols is 1. The maximum absolute atomic E-state index is 14.1. The number of phenolic OH excluding ortho intramolecular Hbond substituents is 1. The first-order valence-electron chi connectivity index (χ1n) is 8.54. The number of carbonyl (C=O) groups is 2. The third-order valence-corrected chi connectivity index (χ3v) is 5.28. The van der Waals surface area contributed by atoms with Crippen LogP contribution in [0.5, 0.6) is 5.75 Å². The van der Waals surface area contributed by atoms with E-state index in [-0.39, 0.29) is 10.6 Å². The summed E-state index contributed by atoms with van der Waals surface area (Å²) >= 11 is 0.859. The van der Waals surface area contributed by atoms with Crippen LogP contribution in [0.2, 0.25) is 0 Å². The second-order valence-corrected chi connectivity index (χ2v) is 7.34. The second-order valence-electron chi connectivity index (χ2n) is 6.50. The molecule has 3 rings (SSSR count). The van der Waals surface area contributed by atoms with Gasteiger partial charge in [-0.15, -0.1) is 0 Å². The molecular weight excluding hydrogens is 394 g/mol. The molecule has 1 saturated carbocycles. The van der Waals surface area contributed by atoms with Crippen molar-refractivity contribution in [2.75, 3.05) is 5.73 Å². The number of benzene rings is 1. The summed E-state index contributed by atoms with van der Waals surface area (Å²) in [4.78, 5) is 38.0. The highest BCUT2D eigenvalue weighted by Gasteiger charge is 2.30. The summed E-state index contributed by atoms with van der Waals surface area (Å²) in [6.07, 6.45) is 2.70. The Hall–Kier alpha value is -2.95. The van der Waals surface area contributed by atoms with Crippen molar-refractivity contribution in [1.82, 2.24) is 15.6 Å². The molecule has 0 radical (unpaired) electrons. The fraction of sp³-hybridized carbons (Fsp3) is 0.353. The number of thiazole rings is 1. The van der Waals surface area contributed by atoms with Crippen molar-refractivity contribution in [3.05, 3.63) is 44.0 Å². The SMILES string of the molecule is Nc1cc(C(=O)N[C@H]2CCCC[C@@H]2NC(=O)c2csc(=O)[nH]2)c(F)c(O)c1F. The summed E-state index contributed by atoms with van der Waals surface area (Å²) in [5.41, 5.74) is 4.33. The van der Waals surface area contributed by atoms with Crippen LogP contribution in [-0.4, -0.2) is 34.0 Å². The summed E-state index contributed by atoms with van der Waals surface area (Å²) in [6.45, 7) is 0. The number of aromatic hydroxyl groups is 1. The Bertz CT molecular complexity index is 975. The van der Waals surface area contributed by atoms with Gasteiger partial charge in [0, 0.05) is 17.5 Å². The van der Waals surface area contributed by atoms with Gasteiger partial charge in [0.05, 0.1) is 11.3 Å². The first kappa shape index (κ1) is 19.8. The van der Waals surface area contributed by atoms with Crippen molar-refractivity contribution in [3.8, 4) is 5.75 Å². The van der Waals surface area contributed by atoms with Gasteiger partial charge in [-0.1, -0.05) is 24.2 Å². The number of nitrogen functional groups attached to an aromatic ring is 1. The first-order valence-corrected chi connectivity index (χ1v) is 9.42. The Morgan fingerprint density at radius 3 is 2.32 bits per heavy atom. The van der Waals surface area contributed by atoms with Gasteiger partial charge in [0.2, 0.25) is 0 Å².